The molecular formula is C59H84O19. The second-order valence-corrected chi connectivity index (χ2v) is 27.0. The molecule has 12 bridgehead atoms. The van der Waals surface area contributed by atoms with Gasteiger partial charge in [-0.25, -0.2) is 0 Å². The summed E-state index contributed by atoms with van der Waals surface area (Å²) in [5.74, 6) is -2.81. The molecule has 16 aliphatic heterocycles. The minimum absolute atomic E-state index is 0.0152. The summed E-state index contributed by atoms with van der Waals surface area (Å²) in [5, 5.41) is 30.2. The number of fused-ring (bicyclic) bond motifs is 10. The number of ether oxygens (including phenoxy) is 15. The van der Waals surface area contributed by atoms with Crippen molar-refractivity contribution in [3.8, 4) is 0 Å². The van der Waals surface area contributed by atoms with Crippen LogP contribution in [-0.4, -0.2) is 198 Å². The topological polar surface area (TPSA) is 216 Å². The third-order valence-electron chi connectivity index (χ3n) is 21.6. The van der Waals surface area contributed by atoms with Crippen molar-refractivity contribution in [3.05, 3.63) is 24.3 Å². The highest BCUT2D eigenvalue weighted by molar-refractivity contribution is 5.70. The van der Waals surface area contributed by atoms with E-state index in [9.17, 15) is 20.1 Å². The zero-order chi connectivity index (χ0) is 53.1. The van der Waals surface area contributed by atoms with Gasteiger partial charge in [0.1, 0.15) is 36.6 Å². The summed E-state index contributed by atoms with van der Waals surface area (Å²) in [6, 6.07) is 0. The van der Waals surface area contributed by atoms with Crippen LogP contribution in [0.4, 0.5) is 0 Å². The number of carbonyl (C=O) groups excluding carboxylic acids is 1. The number of aliphatic hydroxyl groups excluding tert-OH is 3. The van der Waals surface area contributed by atoms with Gasteiger partial charge in [-0.2, -0.15) is 0 Å². The van der Waals surface area contributed by atoms with Gasteiger partial charge in [0.05, 0.1) is 129 Å². The number of hydrogen-bond acceptors (Lipinski definition) is 19. The SMILES string of the molecule is C=C1C[C@@H]2CC[C@@]34CC5OC6[C@@H](O3)[C@H]3O[C@H](CC[C@@H]3O[C@H]6[C@H]5O4)CC(=O)O[C@@H]3[C@@H](C)[C@@H]4O[C@@H]5C[C@]6(C[C@@H]7O[C@]8(CC[C@@H]9O[C@H]([C@@H](O)C[C@@H](O)CO)C[C@@H]9O8)C[C@H](C)[C@@H]7O6)O[C@@H]5C[C@@H]4O[C@H]3C[C@H]3O[C@@H](CC[C@@H]1O2)C[C@@H](C)C3=C. The molecule has 16 rings (SSSR count). The van der Waals surface area contributed by atoms with Crippen molar-refractivity contribution in [3.63, 3.8) is 0 Å². The summed E-state index contributed by atoms with van der Waals surface area (Å²) in [6.45, 7) is 15.2. The smallest absolute Gasteiger partial charge is 0.308 e. The standard InChI is InChI=1S/C59H84O19/c1-26-14-32-6-8-36-27(2)15-34(64-36)10-12-58-23-46-53(77-58)54-55(71-46)56(78-58)52-38(69-54)9-7-33(66-52)17-48(63)72-51-30(5)50-44(68-43(51)18-39(65-32)29(26)4)20-42-45(70-50)22-59(74-42)24-47-49(76-59)28(3)21-57(75-47)13-11-37-41(73-57)19-40(67-37)35(62)16-31(61)25-60/h26,28,30-47,49-56,60-62H,2,4,6-25H2,1,3,5H3/t26-,28+,30+,31-,32+,33-,34+,35+,36+,37+,38+,39-,40+,41+,42-,43+,44+,45-,46?,47+,49+,50+,51-,52+,53+,54+,55?,56+,57-,58+,59+/m1/s1. The minimum atomic E-state index is -1.01. The van der Waals surface area contributed by atoms with Gasteiger partial charge in [0.25, 0.3) is 0 Å². The number of carbonyl (C=O) groups is 1. The Labute approximate surface area is 457 Å². The minimum Gasteiger partial charge on any atom is -0.459 e. The van der Waals surface area contributed by atoms with Crippen LogP contribution in [0.5, 0.6) is 0 Å². The lowest BCUT2D eigenvalue weighted by molar-refractivity contribution is -0.339. The van der Waals surface area contributed by atoms with Crippen molar-refractivity contribution in [2.24, 2.45) is 17.8 Å². The maximum Gasteiger partial charge on any atom is 0.308 e. The number of esters is 1. The highest BCUT2D eigenvalue weighted by Crippen LogP contribution is 2.57. The van der Waals surface area contributed by atoms with Gasteiger partial charge < -0.3 is 86.4 Å². The van der Waals surface area contributed by atoms with Crippen LogP contribution in [0.15, 0.2) is 24.3 Å². The van der Waals surface area contributed by atoms with E-state index in [0.29, 0.717) is 64.2 Å². The molecule has 0 aromatic heterocycles. The Morgan fingerprint density at radius 2 is 1.19 bits per heavy atom. The van der Waals surface area contributed by atoms with Crippen LogP contribution in [0.25, 0.3) is 0 Å². The van der Waals surface area contributed by atoms with E-state index in [1.54, 1.807) is 0 Å². The second-order valence-electron chi connectivity index (χ2n) is 27.0. The maximum absolute atomic E-state index is 14.6. The molecule has 19 heteroatoms. The van der Waals surface area contributed by atoms with Gasteiger partial charge in [-0.1, -0.05) is 33.9 Å². The van der Waals surface area contributed by atoms with Crippen LogP contribution in [0.2, 0.25) is 0 Å². The van der Waals surface area contributed by atoms with Crippen LogP contribution in [0.1, 0.15) is 143 Å². The summed E-state index contributed by atoms with van der Waals surface area (Å²) < 4.78 is 103. The first-order chi connectivity index (χ1) is 37.6. The second kappa shape index (κ2) is 19.9. The fourth-order valence-electron chi connectivity index (χ4n) is 17.8. The number of aliphatic hydroxyl groups is 3. The lowest BCUT2D eigenvalue weighted by Crippen LogP contribution is -2.62. The average molecular weight is 1100 g/mol. The molecule has 16 fully saturated rings. The van der Waals surface area contributed by atoms with Crippen molar-refractivity contribution >= 4 is 5.97 Å². The normalized spacial score (nSPS) is 56.8. The van der Waals surface area contributed by atoms with Crippen molar-refractivity contribution in [1.82, 2.24) is 0 Å². The van der Waals surface area contributed by atoms with Crippen molar-refractivity contribution in [2.75, 3.05) is 6.61 Å². The first-order valence-electron chi connectivity index (χ1n) is 30.4. The highest BCUT2D eigenvalue weighted by atomic mass is 16.8. The van der Waals surface area contributed by atoms with Crippen LogP contribution in [0, 0.1) is 17.8 Å². The van der Waals surface area contributed by atoms with E-state index in [0.717, 1.165) is 56.1 Å². The zero-order valence-corrected chi connectivity index (χ0v) is 45.6. The molecule has 3 N–H and O–H groups in total. The molecule has 16 heterocycles. The lowest BCUT2D eigenvalue weighted by Gasteiger charge is -2.50. The third-order valence-corrected chi connectivity index (χ3v) is 21.6. The van der Waals surface area contributed by atoms with E-state index in [1.165, 1.54) is 0 Å². The van der Waals surface area contributed by atoms with Crippen molar-refractivity contribution in [1.29, 1.82) is 0 Å². The fourth-order valence-corrected chi connectivity index (χ4v) is 17.8. The molecule has 434 valence electrons. The Bertz CT molecular complexity index is 2310. The molecule has 16 aliphatic rings. The summed E-state index contributed by atoms with van der Waals surface area (Å²) in [5.41, 5.74) is 2.15. The Hall–Kier alpha value is -1.73. The first-order valence-corrected chi connectivity index (χ1v) is 30.4. The van der Waals surface area contributed by atoms with Crippen molar-refractivity contribution in [2.45, 2.75) is 313 Å². The summed E-state index contributed by atoms with van der Waals surface area (Å²) in [4.78, 5) is 14.6. The largest absolute Gasteiger partial charge is 0.459 e. The molecule has 0 aromatic rings. The molecule has 0 radical (unpaired) electrons. The van der Waals surface area contributed by atoms with E-state index >= 15 is 0 Å². The zero-order valence-electron chi connectivity index (χ0n) is 45.6. The molecule has 19 nitrogen and oxygen atoms in total. The Kier molecular flexibility index (Phi) is 13.6. The predicted molar refractivity (Wildman–Crippen MR) is 269 cm³/mol. The molecule has 16 saturated heterocycles. The number of hydrogen-bond donors (Lipinski definition) is 3. The molecule has 0 aromatic carbocycles. The van der Waals surface area contributed by atoms with Crippen LogP contribution in [0.3, 0.4) is 0 Å². The molecule has 31 atom stereocenters. The summed E-state index contributed by atoms with van der Waals surface area (Å²) in [7, 11) is 0. The van der Waals surface area contributed by atoms with Gasteiger partial charge in [0.15, 0.2) is 17.4 Å². The van der Waals surface area contributed by atoms with Gasteiger partial charge >= 0.3 is 5.97 Å². The van der Waals surface area contributed by atoms with Gasteiger partial charge in [-0.15, -0.1) is 0 Å². The van der Waals surface area contributed by atoms with Crippen LogP contribution >= 0.6 is 0 Å². The highest BCUT2D eigenvalue weighted by Gasteiger charge is 2.70. The molecule has 3 spiro atoms. The summed E-state index contributed by atoms with van der Waals surface area (Å²) >= 11 is 0. The molecular weight excluding hydrogens is 1010 g/mol. The Morgan fingerprint density at radius 1 is 0.513 bits per heavy atom. The monoisotopic (exact) mass is 1100 g/mol. The molecule has 0 saturated carbocycles. The van der Waals surface area contributed by atoms with Crippen LogP contribution < -0.4 is 0 Å². The maximum atomic E-state index is 14.6. The van der Waals surface area contributed by atoms with Crippen molar-refractivity contribution < 1.29 is 91.2 Å². The predicted octanol–water partition coefficient (Wildman–Crippen LogP) is 4.68. The molecule has 0 aliphatic carbocycles. The molecule has 2 unspecified atom stereocenters. The number of rotatable bonds is 4. The van der Waals surface area contributed by atoms with E-state index < -0.39 is 72.8 Å². The third kappa shape index (κ3) is 9.19. The Morgan fingerprint density at radius 3 is 2.06 bits per heavy atom. The van der Waals surface area contributed by atoms with E-state index in [1.807, 2.05) is 0 Å². The fraction of sp³-hybridized carbons (Fsp3) is 0.915. The van der Waals surface area contributed by atoms with Gasteiger partial charge in [-0.05, 0) is 74.3 Å². The molecule has 78 heavy (non-hydrogen) atoms. The summed E-state index contributed by atoms with van der Waals surface area (Å²) in [6.07, 6.45) is 3.10. The van der Waals surface area contributed by atoms with E-state index in [4.69, 9.17) is 71.1 Å². The van der Waals surface area contributed by atoms with Gasteiger partial charge in [-0.3, -0.25) is 4.79 Å². The van der Waals surface area contributed by atoms with E-state index in [2.05, 4.69) is 33.9 Å². The lowest BCUT2D eigenvalue weighted by atomic mass is 9.79. The van der Waals surface area contributed by atoms with Gasteiger partial charge in [0, 0.05) is 70.1 Å². The average Bonchev–Trinajstić information content (AvgIpc) is 4.43. The van der Waals surface area contributed by atoms with Gasteiger partial charge in [0.2, 0.25) is 0 Å². The van der Waals surface area contributed by atoms with E-state index in [-0.39, 0.29) is 140 Å². The first kappa shape index (κ1) is 53.0. The van der Waals surface area contributed by atoms with Crippen LogP contribution in [-0.2, 0) is 75.8 Å². The molecule has 0 amide bonds. The Balaban J connectivity index is 0.653. The quantitative estimate of drug-likeness (QED) is 0.257.